The van der Waals surface area contributed by atoms with Crippen LogP contribution in [0.1, 0.15) is 43.4 Å². The van der Waals surface area contributed by atoms with Crippen LogP contribution in [-0.2, 0) is 0 Å². The first-order valence-electron chi connectivity index (χ1n) is 9.56. The van der Waals surface area contributed by atoms with Gasteiger partial charge in [-0.3, -0.25) is 10.1 Å². The highest BCUT2D eigenvalue weighted by Gasteiger charge is 2.20. The third kappa shape index (κ3) is 4.45. The Hall–Kier alpha value is -3.60. The third-order valence-electron chi connectivity index (χ3n) is 4.64. The van der Waals surface area contributed by atoms with E-state index in [0.717, 1.165) is 5.69 Å². The average molecular weight is 437 g/mol. The minimum Gasteiger partial charge on any atom is -0.419 e. The highest BCUT2D eigenvalue weighted by atomic mass is 32.2. The van der Waals surface area contributed by atoms with E-state index in [4.69, 9.17) is 4.42 Å². The second-order valence-electron chi connectivity index (χ2n) is 7.13. The summed E-state index contributed by atoms with van der Waals surface area (Å²) in [5.41, 5.74) is 2.71. The third-order valence-corrected chi connectivity index (χ3v) is 5.66. The predicted octanol–water partition coefficient (Wildman–Crippen LogP) is 4.60. The highest BCUT2D eigenvalue weighted by Crippen LogP contribution is 2.34. The van der Waals surface area contributed by atoms with Gasteiger partial charge in [-0.1, -0.05) is 37.7 Å². The van der Waals surface area contributed by atoms with Gasteiger partial charge in [-0.05, 0) is 53.1 Å². The minimum atomic E-state index is -0.456. The van der Waals surface area contributed by atoms with Crippen molar-refractivity contribution in [3.63, 3.8) is 0 Å². The Kier molecular flexibility index (Phi) is 5.76. The van der Waals surface area contributed by atoms with Crippen molar-refractivity contribution in [1.29, 1.82) is 0 Å². The zero-order chi connectivity index (χ0) is 22.0. The van der Waals surface area contributed by atoms with Gasteiger partial charge in [-0.15, -0.1) is 15.3 Å². The summed E-state index contributed by atoms with van der Waals surface area (Å²) in [7, 11) is 0. The van der Waals surface area contributed by atoms with Gasteiger partial charge in [-0.2, -0.15) is 4.68 Å². The maximum absolute atomic E-state index is 10.8. The molecule has 0 aliphatic rings. The monoisotopic (exact) mass is 437 g/mol. The van der Waals surface area contributed by atoms with E-state index in [9.17, 15) is 10.1 Å². The summed E-state index contributed by atoms with van der Waals surface area (Å²) in [6, 6.07) is 14.1. The summed E-state index contributed by atoms with van der Waals surface area (Å²) in [6.07, 6.45) is 0. The molecule has 0 saturated carbocycles. The van der Waals surface area contributed by atoms with Crippen molar-refractivity contribution in [3.8, 4) is 17.1 Å². The molecule has 2 aromatic heterocycles. The largest absolute Gasteiger partial charge is 0.419 e. The molecule has 11 heteroatoms. The molecular formula is C20H19N7O3S. The quantitative estimate of drug-likeness (QED) is 0.232. The van der Waals surface area contributed by atoms with Crippen molar-refractivity contribution < 1.29 is 9.34 Å². The van der Waals surface area contributed by atoms with Crippen LogP contribution in [0.3, 0.4) is 0 Å². The number of benzene rings is 2. The molecule has 4 rings (SSSR count). The summed E-state index contributed by atoms with van der Waals surface area (Å²) in [5.74, 6) is 1.14. The Morgan fingerprint density at radius 2 is 1.71 bits per heavy atom. The number of hydrogen-bond acceptors (Lipinski definition) is 9. The van der Waals surface area contributed by atoms with Crippen molar-refractivity contribution >= 4 is 17.4 Å². The Morgan fingerprint density at radius 3 is 2.35 bits per heavy atom. The number of nitro groups is 1. The van der Waals surface area contributed by atoms with Crippen molar-refractivity contribution in [1.82, 2.24) is 30.4 Å². The fraction of sp³-hybridized carbons (Fsp3) is 0.250. The number of hydrogen-bond donors (Lipinski definition) is 0. The number of non-ortho nitro benzene ring substituents is 1. The second kappa shape index (κ2) is 8.64. The zero-order valence-corrected chi connectivity index (χ0v) is 17.9. The Labute approximate surface area is 181 Å². The molecule has 0 fully saturated rings. The van der Waals surface area contributed by atoms with E-state index in [1.165, 1.54) is 29.5 Å². The van der Waals surface area contributed by atoms with Gasteiger partial charge in [0.15, 0.2) is 0 Å². The van der Waals surface area contributed by atoms with Crippen molar-refractivity contribution in [2.75, 3.05) is 0 Å². The fourth-order valence-electron chi connectivity index (χ4n) is 2.86. The molecule has 0 spiro atoms. The lowest BCUT2D eigenvalue weighted by Crippen LogP contribution is -2.01. The first kappa shape index (κ1) is 20.7. The summed E-state index contributed by atoms with van der Waals surface area (Å²) < 4.78 is 7.44. The average Bonchev–Trinajstić information content (AvgIpc) is 3.44. The maximum atomic E-state index is 10.8. The zero-order valence-electron chi connectivity index (χ0n) is 17.0. The van der Waals surface area contributed by atoms with Crippen LogP contribution in [0, 0.1) is 10.1 Å². The molecule has 0 saturated heterocycles. The smallest absolute Gasteiger partial charge is 0.269 e. The van der Waals surface area contributed by atoms with Gasteiger partial charge < -0.3 is 4.42 Å². The Bertz CT molecular complexity index is 1190. The molecule has 0 aliphatic carbocycles. The van der Waals surface area contributed by atoms with Crippen molar-refractivity contribution in [2.24, 2.45) is 0 Å². The van der Waals surface area contributed by atoms with Crippen LogP contribution in [-0.4, -0.2) is 35.3 Å². The number of nitrogens with zero attached hydrogens (tertiary/aromatic N) is 7. The SMILES string of the molecule is CC(C)c1ccc(-n2nnnc2S[C@H](C)c2nnc(-c3ccc([N+](=O)[O-])cc3)o2)cc1. The summed E-state index contributed by atoms with van der Waals surface area (Å²) >= 11 is 1.39. The highest BCUT2D eigenvalue weighted by molar-refractivity contribution is 7.99. The van der Waals surface area contributed by atoms with E-state index in [0.29, 0.717) is 28.4 Å². The standard InChI is InChI=1S/C20H19N7O3S/c1-12(2)14-4-8-16(9-5-14)26-20(23-24-25-26)31-13(3)18-21-22-19(30-18)15-6-10-17(11-7-15)27(28)29/h4-13H,1-3H3/t13-/m1/s1. The number of nitro benzene ring substituents is 1. The molecule has 0 unspecified atom stereocenters. The van der Waals surface area contributed by atoms with Crippen LogP contribution in [0.2, 0.25) is 0 Å². The molecule has 1 atom stereocenters. The van der Waals surface area contributed by atoms with Gasteiger partial charge in [0, 0.05) is 17.7 Å². The van der Waals surface area contributed by atoms with Crippen molar-refractivity contribution in [3.05, 3.63) is 70.1 Å². The van der Waals surface area contributed by atoms with E-state index in [1.807, 2.05) is 19.1 Å². The number of rotatable bonds is 7. The lowest BCUT2D eigenvalue weighted by Gasteiger charge is -2.09. The van der Waals surface area contributed by atoms with E-state index in [-0.39, 0.29) is 10.9 Å². The number of tetrazole rings is 1. The number of aromatic nitrogens is 6. The Balaban J connectivity index is 1.50. The van der Waals surface area contributed by atoms with Crippen molar-refractivity contribution in [2.45, 2.75) is 37.1 Å². The van der Waals surface area contributed by atoms with Crippen LogP contribution < -0.4 is 0 Å². The lowest BCUT2D eigenvalue weighted by atomic mass is 10.0. The molecule has 2 aromatic carbocycles. The van der Waals surface area contributed by atoms with E-state index in [1.54, 1.807) is 16.8 Å². The topological polar surface area (TPSA) is 126 Å². The van der Waals surface area contributed by atoms with Crippen LogP contribution in [0.25, 0.3) is 17.1 Å². The molecule has 2 heterocycles. The lowest BCUT2D eigenvalue weighted by molar-refractivity contribution is -0.384. The van der Waals surface area contributed by atoms with E-state index in [2.05, 4.69) is 51.7 Å². The van der Waals surface area contributed by atoms with E-state index < -0.39 is 4.92 Å². The Morgan fingerprint density at radius 1 is 1.00 bits per heavy atom. The summed E-state index contributed by atoms with van der Waals surface area (Å²) in [5, 5.41) is 31.4. The van der Waals surface area contributed by atoms with Crippen LogP contribution in [0.4, 0.5) is 5.69 Å². The van der Waals surface area contributed by atoms with Gasteiger partial charge in [0.25, 0.3) is 5.69 Å². The fourth-order valence-corrected chi connectivity index (χ4v) is 3.70. The molecule has 0 amide bonds. The first-order valence-corrected chi connectivity index (χ1v) is 10.4. The van der Waals surface area contributed by atoms with Crippen LogP contribution in [0.5, 0.6) is 0 Å². The molecule has 0 bridgehead atoms. The maximum Gasteiger partial charge on any atom is 0.269 e. The minimum absolute atomic E-state index is 0.000626. The van der Waals surface area contributed by atoms with Gasteiger partial charge in [0.2, 0.25) is 16.9 Å². The van der Waals surface area contributed by atoms with Gasteiger partial charge in [0.05, 0.1) is 15.9 Å². The molecular weight excluding hydrogens is 418 g/mol. The predicted molar refractivity (Wildman–Crippen MR) is 114 cm³/mol. The molecule has 4 aromatic rings. The van der Waals surface area contributed by atoms with Crippen LogP contribution >= 0.6 is 11.8 Å². The molecule has 10 nitrogen and oxygen atoms in total. The molecule has 31 heavy (non-hydrogen) atoms. The van der Waals surface area contributed by atoms with E-state index >= 15 is 0 Å². The number of thioether (sulfide) groups is 1. The second-order valence-corrected chi connectivity index (χ2v) is 8.44. The summed E-state index contributed by atoms with van der Waals surface area (Å²) in [6.45, 7) is 6.20. The molecule has 0 aliphatic heterocycles. The van der Waals surface area contributed by atoms with Gasteiger partial charge in [0.1, 0.15) is 0 Å². The molecule has 0 radical (unpaired) electrons. The van der Waals surface area contributed by atoms with Gasteiger partial charge in [-0.25, -0.2) is 0 Å². The molecule has 0 N–H and O–H groups in total. The molecule has 158 valence electrons. The normalized spacial score (nSPS) is 12.3. The first-order chi connectivity index (χ1) is 14.9. The van der Waals surface area contributed by atoms with Crippen LogP contribution in [0.15, 0.2) is 58.1 Å². The van der Waals surface area contributed by atoms with Gasteiger partial charge >= 0.3 is 0 Å². The summed E-state index contributed by atoms with van der Waals surface area (Å²) in [4.78, 5) is 10.3.